The van der Waals surface area contributed by atoms with Gasteiger partial charge in [-0.2, -0.15) is 13.2 Å². The molecule has 1 unspecified atom stereocenters. The van der Waals surface area contributed by atoms with Crippen LogP contribution < -0.4 is 0 Å². The highest BCUT2D eigenvalue weighted by atomic mass is 79.9. The molecule has 1 heterocycles. The maximum Gasteiger partial charge on any atom is 0.416 e. The van der Waals surface area contributed by atoms with Crippen molar-refractivity contribution in [3.8, 4) is 0 Å². The lowest BCUT2D eigenvalue weighted by Gasteiger charge is -2.14. The summed E-state index contributed by atoms with van der Waals surface area (Å²) in [7, 11) is 0. The van der Waals surface area contributed by atoms with Gasteiger partial charge in [0.2, 0.25) is 0 Å². The highest BCUT2D eigenvalue weighted by molar-refractivity contribution is 9.10. The fourth-order valence-corrected chi connectivity index (χ4v) is 2.05. The van der Waals surface area contributed by atoms with Crippen LogP contribution in [0.15, 0.2) is 41.0 Å². The number of benzene rings is 1. The van der Waals surface area contributed by atoms with Crippen LogP contribution in [-0.2, 0) is 12.6 Å². The number of rotatable bonds is 3. The van der Waals surface area contributed by atoms with E-state index < -0.39 is 23.7 Å². The molecule has 2 rings (SSSR count). The first-order chi connectivity index (χ1) is 9.75. The van der Waals surface area contributed by atoms with Crippen molar-refractivity contribution in [3.05, 3.63) is 63.6 Å². The van der Waals surface area contributed by atoms with Gasteiger partial charge in [0.15, 0.2) is 0 Å². The number of aliphatic hydroxyl groups is 1. The number of aromatic nitrogens is 1. The summed E-state index contributed by atoms with van der Waals surface area (Å²) in [5, 5.41) is 9.97. The molecule has 1 atom stereocenters. The molecular formula is C14H10BrF4NO. The second kappa shape index (κ2) is 6.11. The Hall–Kier alpha value is -1.47. The van der Waals surface area contributed by atoms with Gasteiger partial charge in [-0.25, -0.2) is 4.39 Å². The Morgan fingerprint density at radius 1 is 1.19 bits per heavy atom. The van der Waals surface area contributed by atoms with Crippen molar-refractivity contribution >= 4 is 15.9 Å². The molecule has 0 saturated carbocycles. The van der Waals surface area contributed by atoms with Gasteiger partial charge < -0.3 is 5.11 Å². The van der Waals surface area contributed by atoms with Crippen molar-refractivity contribution in [2.75, 3.05) is 0 Å². The van der Waals surface area contributed by atoms with Crippen molar-refractivity contribution in [3.63, 3.8) is 0 Å². The Morgan fingerprint density at radius 2 is 1.90 bits per heavy atom. The lowest BCUT2D eigenvalue weighted by atomic mass is 10.0. The number of pyridine rings is 1. The largest absolute Gasteiger partial charge is 0.416 e. The third kappa shape index (κ3) is 4.25. The van der Waals surface area contributed by atoms with Crippen LogP contribution in [0.2, 0.25) is 0 Å². The van der Waals surface area contributed by atoms with Gasteiger partial charge in [0.05, 0.1) is 11.7 Å². The van der Waals surface area contributed by atoms with Crippen molar-refractivity contribution < 1.29 is 22.7 Å². The predicted octanol–water partition coefficient (Wildman–Crippen LogP) is 4.28. The highest BCUT2D eigenvalue weighted by Gasteiger charge is 2.32. The van der Waals surface area contributed by atoms with Crippen LogP contribution >= 0.6 is 15.9 Å². The first kappa shape index (κ1) is 15.9. The maximum absolute atomic E-state index is 13.3. The molecule has 0 spiro atoms. The van der Waals surface area contributed by atoms with Crippen LogP contribution in [0.25, 0.3) is 0 Å². The van der Waals surface area contributed by atoms with Crippen LogP contribution in [0.3, 0.4) is 0 Å². The summed E-state index contributed by atoms with van der Waals surface area (Å²) in [6.45, 7) is 0. The summed E-state index contributed by atoms with van der Waals surface area (Å²) in [4.78, 5) is 4.01. The van der Waals surface area contributed by atoms with E-state index in [1.807, 2.05) is 0 Å². The van der Waals surface area contributed by atoms with Crippen molar-refractivity contribution in [2.24, 2.45) is 0 Å². The SMILES string of the molecule is OC(Cc1ccc(Br)cn1)c1cc(F)cc(C(F)(F)F)c1. The van der Waals surface area contributed by atoms with Crippen LogP contribution in [0.5, 0.6) is 0 Å². The molecule has 2 nitrogen and oxygen atoms in total. The zero-order valence-corrected chi connectivity index (χ0v) is 12.1. The lowest BCUT2D eigenvalue weighted by Crippen LogP contribution is -2.09. The minimum absolute atomic E-state index is 0.00592. The fraction of sp³-hybridized carbons (Fsp3) is 0.214. The van der Waals surface area contributed by atoms with Crippen molar-refractivity contribution in [1.82, 2.24) is 4.98 Å². The minimum atomic E-state index is -4.66. The number of halogens is 5. The fourth-order valence-electron chi connectivity index (χ4n) is 1.81. The Kier molecular flexibility index (Phi) is 4.63. The summed E-state index contributed by atoms with van der Waals surface area (Å²) in [5.74, 6) is -1.04. The number of hydrogen-bond donors (Lipinski definition) is 1. The number of hydrogen-bond acceptors (Lipinski definition) is 2. The van der Waals surface area contributed by atoms with E-state index in [1.165, 1.54) is 6.20 Å². The van der Waals surface area contributed by atoms with Gasteiger partial charge in [-0.15, -0.1) is 0 Å². The molecule has 0 amide bonds. The van der Waals surface area contributed by atoms with E-state index in [2.05, 4.69) is 20.9 Å². The molecule has 0 aliphatic rings. The quantitative estimate of drug-likeness (QED) is 0.825. The zero-order chi connectivity index (χ0) is 15.6. The van der Waals surface area contributed by atoms with E-state index in [4.69, 9.17) is 0 Å². The molecule has 0 aliphatic carbocycles. The van der Waals surface area contributed by atoms with Gasteiger partial charge in [0.25, 0.3) is 0 Å². The standard InChI is InChI=1S/C14H10BrF4NO/c15-10-1-2-12(20-7-10)6-13(21)8-3-9(14(17,18)19)5-11(16)4-8/h1-5,7,13,21H,6H2. The summed E-state index contributed by atoms with van der Waals surface area (Å²) in [6, 6.07) is 5.35. The Balaban J connectivity index is 2.24. The van der Waals surface area contributed by atoms with Crippen LogP contribution in [0.1, 0.15) is 22.9 Å². The summed E-state index contributed by atoms with van der Waals surface area (Å²) in [6.07, 6.45) is -4.43. The van der Waals surface area contributed by atoms with Gasteiger partial charge in [0, 0.05) is 22.8 Å². The van der Waals surface area contributed by atoms with Crippen LogP contribution in [0, 0.1) is 5.82 Å². The van der Waals surface area contributed by atoms with E-state index in [0.717, 1.165) is 16.6 Å². The monoisotopic (exact) mass is 363 g/mol. The number of aliphatic hydroxyl groups excluding tert-OH is 1. The molecule has 1 aromatic heterocycles. The number of nitrogens with zero attached hydrogens (tertiary/aromatic N) is 1. The average molecular weight is 364 g/mol. The molecule has 0 bridgehead atoms. The summed E-state index contributed by atoms with van der Waals surface area (Å²) in [5.41, 5.74) is -0.768. The van der Waals surface area contributed by atoms with Crippen molar-refractivity contribution in [1.29, 1.82) is 0 Å². The molecule has 2 aromatic rings. The Labute approximate surface area is 126 Å². The lowest BCUT2D eigenvalue weighted by molar-refractivity contribution is -0.137. The smallest absolute Gasteiger partial charge is 0.388 e. The van der Waals surface area contributed by atoms with Crippen LogP contribution in [0.4, 0.5) is 17.6 Å². The van der Waals surface area contributed by atoms with Gasteiger partial charge in [-0.3, -0.25) is 4.98 Å². The van der Waals surface area contributed by atoms with Crippen molar-refractivity contribution in [2.45, 2.75) is 18.7 Å². The number of alkyl halides is 3. The second-order valence-corrected chi connectivity index (χ2v) is 5.37. The second-order valence-electron chi connectivity index (χ2n) is 4.46. The van der Waals surface area contributed by atoms with E-state index in [9.17, 15) is 22.7 Å². The molecule has 0 aliphatic heterocycles. The normalized spacial score (nSPS) is 13.2. The Morgan fingerprint density at radius 3 is 2.48 bits per heavy atom. The molecule has 0 fully saturated rings. The minimum Gasteiger partial charge on any atom is -0.388 e. The third-order valence-corrected chi connectivity index (χ3v) is 3.29. The van der Waals surface area contributed by atoms with Gasteiger partial charge >= 0.3 is 6.18 Å². The molecule has 0 saturated heterocycles. The molecule has 1 aromatic carbocycles. The summed E-state index contributed by atoms with van der Waals surface area (Å²) < 4.78 is 51.9. The molecule has 0 radical (unpaired) electrons. The maximum atomic E-state index is 13.3. The molecule has 21 heavy (non-hydrogen) atoms. The molecule has 7 heteroatoms. The Bertz CT molecular complexity index is 628. The van der Waals surface area contributed by atoms with Crippen LogP contribution in [-0.4, -0.2) is 10.1 Å². The van der Waals surface area contributed by atoms with Gasteiger partial charge in [-0.05, 0) is 51.8 Å². The zero-order valence-electron chi connectivity index (χ0n) is 10.5. The van der Waals surface area contributed by atoms with E-state index in [1.54, 1.807) is 12.1 Å². The van der Waals surface area contributed by atoms with E-state index >= 15 is 0 Å². The summed E-state index contributed by atoms with van der Waals surface area (Å²) >= 11 is 3.20. The van der Waals surface area contributed by atoms with Gasteiger partial charge in [-0.1, -0.05) is 0 Å². The first-order valence-electron chi connectivity index (χ1n) is 5.92. The topological polar surface area (TPSA) is 33.1 Å². The average Bonchev–Trinajstić information content (AvgIpc) is 2.39. The molecule has 112 valence electrons. The molecular weight excluding hydrogens is 354 g/mol. The third-order valence-electron chi connectivity index (χ3n) is 2.82. The molecule has 1 N–H and O–H groups in total. The van der Waals surface area contributed by atoms with E-state index in [-0.39, 0.29) is 12.0 Å². The first-order valence-corrected chi connectivity index (χ1v) is 6.71. The predicted molar refractivity (Wildman–Crippen MR) is 72.0 cm³/mol. The van der Waals surface area contributed by atoms with Gasteiger partial charge in [0.1, 0.15) is 5.82 Å². The highest BCUT2D eigenvalue weighted by Crippen LogP contribution is 2.32. The van der Waals surface area contributed by atoms with E-state index in [0.29, 0.717) is 11.8 Å².